The fraction of sp³-hybridized carbons (Fsp3) is 0.750. The smallest absolute Gasteiger partial charge is 0.333 e. The van der Waals surface area contributed by atoms with Gasteiger partial charge in [0.25, 0.3) is 0 Å². The van der Waals surface area contributed by atoms with Crippen molar-refractivity contribution in [2.24, 2.45) is 11.8 Å². The lowest BCUT2D eigenvalue weighted by Crippen LogP contribution is -2.45. The fourth-order valence-corrected chi connectivity index (χ4v) is 4.69. The molecule has 0 aromatic carbocycles. The minimum absolute atomic E-state index is 0.162. The van der Waals surface area contributed by atoms with Crippen LogP contribution in [0.15, 0.2) is 18.5 Å². The van der Waals surface area contributed by atoms with Gasteiger partial charge >= 0.3 is 5.97 Å². The minimum atomic E-state index is -0.821. The first-order chi connectivity index (χ1) is 13.2. The van der Waals surface area contributed by atoms with Crippen molar-refractivity contribution >= 4 is 11.7 Å². The quantitative estimate of drug-likeness (QED) is 0.721. The molecule has 7 heteroatoms. The number of aromatic nitrogens is 2. The van der Waals surface area contributed by atoms with E-state index in [0.29, 0.717) is 6.04 Å². The van der Waals surface area contributed by atoms with E-state index in [0.717, 1.165) is 43.8 Å². The van der Waals surface area contributed by atoms with Crippen LogP contribution in [0.25, 0.3) is 0 Å². The van der Waals surface area contributed by atoms with Crippen molar-refractivity contribution in [1.82, 2.24) is 15.1 Å². The Hall–Kier alpha value is -1.73. The highest BCUT2D eigenvalue weighted by Gasteiger charge is 2.34. The van der Waals surface area contributed by atoms with E-state index in [1.807, 2.05) is 6.07 Å². The average molecular weight is 377 g/mol. The van der Waals surface area contributed by atoms with Gasteiger partial charge < -0.3 is 20.1 Å². The Labute approximate surface area is 161 Å². The summed E-state index contributed by atoms with van der Waals surface area (Å²) in [6, 6.07) is 2.57. The third-order valence-corrected chi connectivity index (χ3v) is 6.30. The number of rotatable bonds is 8. The molecular weight excluding hydrogens is 344 g/mol. The first-order valence-electron chi connectivity index (χ1n) is 10.2. The highest BCUT2D eigenvalue weighted by Crippen LogP contribution is 2.33. The van der Waals surface area contributed by atoms with Crippen molar-refractivity contribution in [3.8, 4) is 0 Å². The summed E-state index contributed by atoms with van der Waals surface area (Å²) in [5, 5.41) is 20.4. The highest BCUT2D eigenvalue weighted by atomic mass is 16.5. The second-order valence-electron chi connectivity index (χ2n) is 7.89. The van der Waals surface area contributed by atoms with Gasteiger partial charge in [-0.1, -0.05) is 0 Å². The van der Waals surface area contributed by atoms with Crippen LogP contribution in [0.3, 0.4) is 0 Å². The Morgan fingerprint density at radius 2 is 2.00 bits per heavy atom. The van der Waals surface area contributed by atoms with Crippen LogP contribution < -0.4 is 5.32 Å². The maximum atomic E-state index is 11.3. The van der Waals surface area contributed by atoms with Crippen LogP contribution in [-0.2, 0) is 9.53 Å². The molecule has 2 aliphatic rings. The van der Waals surface area contributed by atoms with Gasteiger partial charge in [0, 0.05) is 19.7 Å². The Bertz CT molecular complexity index is 570. The number of hydrogen-bond donors (Lipinski definition) is 2. The molecule has 0 spiro atoms. The molecule has 1 aromatic heterocycles. The monoisotopic (exact) mass is 376 g/mol. The van der Waals surface area contributed by atoms with E-state index in [9.17, 15) is 9.90 Å². The second-order valence-corrected chi connectivity index (χ2v) is 7.89. The van der Waals surface area contributed by atoms with Gasteiger partial charge in [-0.15, -0.1) is 0 Å². The number of methoxy groups -OCH3 is 1. The summed E-state index contributed by atoms with van der Waals surface area (Å²) in [5.74, 6) is 0.123. The van der Waals surface area contributed by atoms with Gasteiger partial charge in [-0.25, -0.2) is 4.79 Å². The molecular formula is C20H32N4O3. The van der Waals surface area contributed by atoms with Gasteiger partial charge in [-0.05, 0) is 75.9 Å². The molecule has 1 atom stereocenters. The van der Waals surface area contributed by atoms with Crippen LogP contribution in [-0.4, -0.2) is 65.1 Å². The Morgan fingerprint density at radius 3 is 2.59 bits per heavy atom. The molecule has 1 saturated carbocycles. The van der Waals surface area contributed by atoms with E-state index >= 15 is 0 Å². The molecule has 1 unspecified atom stereocenters. The van der Waals surface area contributed by atoms with E-state index in [1.54, 1.807) is 12.4 Å². The zero-order chi connectivity index (χ0) is 19.1. The zero-order valence-corrected chi connectivity index (χ0v) is 16.2. The molecule has 0 bridgehead atoms. The third kappa shape index (κ3) is 5.62. The molecule has 1 aliphatic heterocycles. The first-order valence-corrected chi connectivity index (χ1v) is 10.2. The summed E-state index contributed by atoms with van der Waals surface area (Å²) in [6.45, 7) is 3.32. The lowest BCUT2D eigenvalue weighted by Gasteiger charge is -2.41. The standard InChI is InChI=1S/C20H32N4O3/c1-27-19(20(25)26)16-2-4-18(5-3-16)24-12-8-15(9-13-24)6-10-21-17-7-11-22-23-14-17/h7,11,14-16,18-19H,2-6,8-10,12-13H2,1H3,(H,21,22)(H,25,26). The third-order valence-electron chi connectivity index (χ3n) is 6.30. The lowest BCUT2D eigenvalue weighted by atomic mass is 9.81. The Morgan fingerprint density at radius 1 is 1.26 bits per heavy atom. The number of anilines is 1. The lowest BCUT2D eigenvalue weighted by molar-refractivity contribution is -0.153. The summed E-state index contributed by atoms with van der Waals surface area (Å²) < 4.78 is 5.19. The summed E-state index contributed by atoms with van der Waals surface area (Å²) in [7, 11) is 1.51. The number of hydrogen-bond acceptors (Lipinski definition) is 6. The van der Waals surface area contributed by atoms with Crippen molar-refractivity contribution < 1.29 is 14.6 Å². The zero-order valence-electron chi connectivity index (χ0n) is 16.2. The molecule has 2 fully saturated rings. The highest BCUT2D eigenvalue weighted by molar-refractivity contribution is 5.72. The predicted octanol–water partition coefficient (Wildman–Crippen LogP) is 2.65. The minimum Gasteiger partial charge on any atom is -0.479 e. The molecule has 0 amide bonds. The normalized spacial score (nSPS) is 25.8. The van der Waals surface area contributed by atoms with Gasteiger partial charge in [-0.2, -0.15) is 10.2 Å². The van der Waals surface area contributed by atoms with E-state index in [1.165, 1.54) is 39.5 Å². The molecule has 1 aromatic rings. The summed E-state index contributed by atoms with van der Waals surface area (Å²) in [6.07, 6.45) is 10.6. The van der Waals surface area contributed by atoms with Crippen LogP contribution >= 0.6 is 0 Å². The van der Waals surface area contributed by atoms with Crippen molar-refractivity contribution in [2.45, 2.75) is 57.1 Å². The topological polar surface area (TPSA) is 87.6 Å². The molecule has 7 nitrogen and oxygen atoms in total. The molecule has 150 valence electrons. The number of nitrogens with one attached hydrogen (secondary N) is 1. The maximum Gasteiger partial charge on any atom is 0.333 e. The van der Waals surface area contributed by atoms with Crippen LogP contribution in [0.5, 0.6) is 0 Å². The number of aliphatic carboxylic acids is 1. The van der Waals surface area contributed by atoms with Crippen molar-refractivity contribution in [1.29, 1.82) is 0 Å². The molecule has 2 N–H and O–H groups in total. The largest absolute Gasteiger partial charge is 0.479 e. The van der Waals surface area contributed by atoms with E-state index in [-0.39, 0.29) is 5.92 Å². The summed E-state index contributed by atoms with van der Waals surface area (Å²) in [5.41, 5.74) is 1.04. The Balaban J connectivity index is 1.34. The van der Waals surface area contributed by atoms with E-state index in [2.05, 4.69) is 20.4 Å². The fourth-order valence-electron chi connectivity index (χ4n) is 4.69. The van der Waals surface area contributed by atoms with Gasteiger partial charge in [0.2, 0.25) is 0 Å². The van der Waals surface area contributed by atoms with E-state index < -0.39 is 12.1 Å². The van der Waals surface area contributed by atoms with E-state index in [4.69, 9.17) is 4.74 Å². The van der Waals surface area contributed by atoms with Crippen LogP contribution in [0.1, 0.15) is 44.9 Å². The van der Waals surface area contributed by atoms with Crippen molar-refractivity contribution in [3.63, 3.8) is 0 Å². The molecule has 3 rings (SSSR count). The van der Waals surface area contributed by atoms with Gasteiger partial charge in [0.05, 0.1) is 18.1 Å². The van der Waals surface area contributed by atoms with Gasteiger partial charge in [0.15, 0.2) is 6.10 Å². The molecule has 2 heterocycles. The SMILES string of the molecule is COC(C(=O)O)C1CCC(N2CCC(CCNc3ccnnc3)CC2)CC1. The van der Waals surface area contributed by atoms with Crippen LogP contribution in [0.4, 0.5) is 5.69 Å². The Kier molecular flexibility index (Phi) is 7.41. The second kappa shape index (κ2) is 9.99. The predicted molar refractivity (Wildman–Crippen MR) is 104 cm³/mol. The average Bonchev–Trinajstić information content (AvgIpc) is 2.70. The number of nitrogens with zero attached hydrogens (tertiary/aromatic N) is 3. The summed E-state index contributed by atoms with van der Waals surface area (Å²) >= 11 is 0. The molecule has 1 aliphatic carbocycles. The van der Waals surface area contributed by atoms with Gasteiger partial charge in [0.1, 0.15) is 0 Å². The number of ether oxygens (including phenoxy) is 1. The summed E-state index contributed by atoms with van der Waals surface area (Å²) in [4.78, 5) is 13.9. The van der Waals surface area contributed by atoms with Gasteiger partial charge in [-0.3, -0.25) is 0 Å². The molecule has 1 saturated heterocycles. The number of piperidine rings is 1. The maximum absolute atomic E-state index is 11.3. The van der Waals surface area contributed by atoms with Crippen molar-refractivity contribution in [2.75, 3.05) is 32.1 Å². The molecule has 27 heavy (non-hydrogen) atoms. The molecule has 0 radical (unpaired) electrons. The first kappa shape index (κ1) is 20.0. The van der Waals surface area contributed by atoms with Crippen LogP contribution in [0.2, 0.25) is 0 Å². The number of carboxylic acid groups (broad SMARTS) is 1. The van der Waals surface area contributed by atoms with Crippen molar-refractivity contribution in [3.05, 3.63) is 18.5 Å². The van der Waals surface area contributed by atoms with Crippen LogP contribution in [0, 0.1) is 11.8 Å². The number of likely N-dealkylation sites (tertiary alicyclic amines) is 1. The number of carbonyl (C=O) groups is 1. The number of carboxylic acids is 1.